The second-order valence-electron chi connectivity index (χ2n) is 2.83. The molecule has 0 spiro atoms. The number of rotatable bonds is 2. The lowest BCUT2D eigenvalue weighted by Crippen LogP contribution is -2.31. The van der Waals surface area contributed by atoms with E-state index in [2.05, 4.69) is 15.7 Å². The molecule has 0 aliphatic carbocycles. The summed E-state index contributed by atoms with van der Waals surface area (Å²) in [5, 5.41) is 10.8. The molecular weight excluding hydrogens is 184 g/mol. The molecule has 0 aliphatic heterocycles. The Bertz CT molecular complexity index is 286. The normalized spacial score (nSPS) is 9.77. The van der Waals surface area contributed by atoms with Crippen molar-refractivity contribution in [3.63, 3.8) is 0 Å². The first-order chi connectivity index (χ1) is 6.13. The van der Waals surface area contributed by atoms with Gasteiger partial charge >= 0.3 is 0 Å². The second kappa shape index (κ2) is 4.23. The lowest BCUT2D eigenvalue weighted by atomic mass is 10.4. The van der Waals surface area contributed by atoms with E-state index in [4.69, 9.17) is 12.2 Å². The highest BCUT2D eigenvalue weighted by molar-refractivity contribution is 7.80. The van der Waals surface area contributed by atoms with Crippen LogP contribution in [-0.2, 0) is 13.6 Å². The van der Waals surface area contributed by atoms with Crippen molar-refractivity contribution >= 4 is 17.3 Å². The number of aryl methyl sites for hydroxylation is 2. The van der Waals surface area contributed by atoms with Crippen LogP contribution in [0.3, 0.4) is 0 Å². The van der Waals surface area contributed by atoms with E-state index in [1.165, 1.54) is 0 Å². The number of nitrogens with one attached hydrogen (secondary N) is 2. The minimum Gasteiger partial charge on any atom is -0.366 e. The summed E-state index contributed by atoms with van der Waals surface area (Å²) in [5.41, 5.74) is 2.14. The van der Waals surface area contributed by atoms with Crippen molar-refractivity contribution in [3.05, 3.63) is 17.5 Å². The minimum atomic E-state index is 0.642. The van der Waals surface area contributed by atoms with E-state index >= 15 is 0 Å². The number of thiocarbonyl (C=S) groups is 1. The Morgan fingerprint density at radius 2 is 2.38 bits per heavy atom. The molecule has 0 bridgehead atoms. The smallest absolute Gasteiger partial charge is 0.166 e. The first-order valence-corrected chi connectivity index (χ1v) is 4.49. The predicted octanol–water partition coefficient (Wildman–Crippen LogP) is 0.322. The van der Waals surface area contributed by atoms with Gasteiger partial charge in [0, 0.05) is 19.8 Å². The molecule has 1 aromatic rings. The second-order valence-corrected chi connectivity index (χ2v) is 3.24. The third-order valence-corrected chi connectivity index (χ3v) is 2.17. The summed E-state index contributed by atoms with van der Waals surface area (Å²) in [7, 11) is 3.72. The molecule has 0 atom stereocenters. The fraction of sp³-hybridized carbons (Fsp3) is 0.500. The first kappa shape index (κ1) is 9.98. The van der Waals surface area contributed by atoms with Crippen LogP contribution in [0.15, 0.2) is 6.07 Å². The molecule has 1 rings (SSSR count). The van der Waals surface area contributed by atoms with E-state index in [9.17, 15) is 0 Å². The quantitative estimate of drug-likeness (QED) is 0.672. The molecule has 2 N–H and O–H groups in total. The standard InChI is InChI=1S/C8H14N4S/c1-6-4-7(11-12(6)3)5-10-8(13)9-2/h4H,5H2,1-3H3,(H2,9,10,13). The lowest BCUT2D eigenvalue weighted by molar-refractivity contribution is 0.710. The molecule has 1 aromatic heterocycles. The number of hydrogen-bond acceptors (Lipinski definition) is 2. The zero-order valence-electron chi connectivity index (χ0n) is 8.09. The SMILES string of the molecule is CNC(=S)NCc1cc(C)n(C)n1. The van der Waals surface area contributed by atoms with Gasteiger partial charge in [-0.1, -0.05) is 0 Å². The Labute approximate surface area is 83.3 Å². The van der Waals surface area contributed by atoms with E-state index in [0.29, 0.717) is 11.7 Å². The van der Waals surface area contributed by atoms with E-state index < -0.39 is 0 Å². The number of hydrogen-bond donors (Lipinski definition) is 2. The van der Waals surface area contributed by atoms with Gasteiger partial charge < -0.3 is 10.6 Å². The Morgan fingerprint density at radius 1 is 1.69 bits per heavy atom. The van der Waals surface area contributed by atoms with Crippen LogP contribution in [0.2, 0.25) is 0 Å². The van der Waals surface area contributed by atoms with Crippen LogP contribution in [0.5, 0.6) is 0 Å². The van der Waals surface area contributed by atoms with E-state index in [0.717, 1.165) is 11.4 Å². The minimum absolute atomic E-state index is 0.642. The summed E-state index contributed by atoms with van der Waals surface area (Å²) in [5.74, 6) is 0. The van der Waals surface area contributed by atoms with Gasteiger partial charge in [-0.15, -0.1) is 0 Å². The van der Waals surface area contributed by atoms with Crippen molar-refractivity contribution in [3.8, 4) is 0 Å². The van der Waals surface area contributed by atoms with E-state index in [1.54, 1.807) is 7.05 Å². The third-order valence-electron chi connectivity index (χ3n) is 1.82. The predicted molar refractivity (Wildman–Crippen MR) is 56.4 cm³/mol. The first-order valence-electron chi connectivity index (χ1n) is 4.08. The van der Waals surface area contributed by atoms with Gasteiger partial charge in [0.1, 0.15) is 0 Å². The molecule has 5 heteroatoms. The van der Waals surface area contributed by atoms with Gasteiger partial charge in [-0.25, -0.2) is 0 Å². The summed E-state index contributed by atoms with van der Waals surface area (Å²) in [4.78, 5) is 0. The van der Waals surface area contributed by atoms with E-state index in [-0.39, 0.29) is 0 Å². The molecule has 4 nitrogen and oxygen atoms in total. The summed E-state index contributed by atoms with van der Waals surface area (Å²) in [6.45, 7) is 2.69. The van der Waals surface area contributed by atoms with Gasteiger partial charge in [0.25, 0.3) is 0 Å². The largest absolute Gasteiger partial charge is 0.366 e. The maximum Gasteiger partial charge on any atom is 0.166 e. The van der Waals surface area contributed by atoms with Crippen molar-refractivity contribution in [1.82, 2.24) is 20.4 Å². The van der Waals surface area contributed by atoms with Crippen LogP contribution in [0, 0.1) is 6.92 Å². The van der Waals surface area contributed by atoms with Crippen molar-refractivity contribution in [2.75, 3.05) is 7.05 Å². The maximum absolute atomic E-state index is 4.94. The summed E-state index contributed by atoms with van der Waals surface area (Å²) < 4.78 is 1.85. The fourth-order valence-corrected chi connectivity index (χ4v) is 1.05. The molecule has 72 valence electrons. The fourth-order valence-electron chi connectivity index (χ4n) is 0.981. The summed E-state index contributed by atoms with van der Waals surface area (Å²) in [6.07, 6.45) is 0. The average Bonchev–Trinajstić information content (AvgIpc) is 2.42. The molecule has 0 aromatic carbocycles. The number of aromatic nitrogens is 2. The zero-order valence-corrected chi connectivity index (χ0v) is 8.90. The molecule has 0 amide bonds. The van der Waals surface area contributed by atoms with E-state index in [1.807, 2.05) is 24.7 Å². The Balaban J connectivity index is 2.50. The van der Waals surface area contributed by atoms with Crippen LogP contribution >= 0.6 is 12.2 Å². The highest BCUT2D eigenvalue weighted by atomic mass is 32.1. The molecule has 0 saturated heterocycles. The number of nitrogens with zero attached hydrogens (tertiary/aromatic N) is 2. The summed E-state index contributed by atoms with van der Waals surface area (Å²) >= 11 is 4.94. The monoisotopic (exact) mass is 198 g/mol. The van der Waals surface area contributed by atoms with Crippen molar-refractivity contribution < 1.29 is 0 Å². The van der Waals surface area contributed by atoms with Gasteiger partial charge in [0.2, 0.25) is 0 Å². The Kier molecular flexibility index (Phi) is 3.25. The molecule has 0 saturated carbocycles. The lowest BCUT2D eigenvalue weighted by Gasteiger charge is -2.03. The third kappa shape index (κ3) is 2.69. The van der Waals surface area contributed by atoms with Gasteiger partial charge in [-0.05, 0) is 25.2 Å². The Hall–Kier alpha value is -1.10. The highest BCUT2D eigenvalue weighted by Gasteiger charge is 2.00. The van der Waals surface area contributed by atoms with Gasteiger partial charge in [-0.3, -0.25) is 4.68 Å². The highest BCUT2D eigenvalue weighted by Crippen LogP contribution is 1.99. The van der Waals surface area contributed by atoms with Crippen LogP contribution in [-0.4, -0.2) is 21.9 Å². The maximum atomic E-state index is 4.94. The molecule has 0 aliphatic rings. The summed E-state index contributed by atoms with van der Waals surface area (Å²) in [6, 6.07) is 2.03. The molecule has 13 heavy (non-hydrogen) atoms. The van der Waals surface area contributed by atoms with Gasteiger partial charge in [-0.2, -0.15) is 5.10 Å². The zero-order chi connectivity index (χ0) is 9.84. The Morgan fingerprint density at radius 3 is 2.85 bits per heavy atom. The van der Waals surface area contributed by atoms with Crippen molar-refractivity contribution in [1.29, 1.82) is 0 Å². The average molecular weight is 198 g/mol. The van der Waals surface area contributed by atoms with Gasteiger partial charge in [0.15, 0.2) is 5.11 Å². The van der Waals surface area contributed by atoms with Crippen molar-refractivity contribution in [2.24, 2.45) is 7.05 Å². The van der Waals surface area contributed by atoms with Crippen LogP contribution < -0.4 is 10.6 Å². The van der Waals surface area contributed by atoms with Crippen LogP contribution in [0.1, 0.15) is 11.4 Å². The molecule has 0 fully saturated rings. The van der Waals surface area contributed by atoms with Crippen LogP contribution in [0.25, 0.3) is 0 Å². The molecule has 1 heterocycles. The molecule has 0 radical (unpaired) electrons. The topological polar surface area (TPSA) is 41.9 Å². The van der Waals surface area contributed by atoms with Gasteiger partial charge in [0.05, 0.1) is 12.2 Å². The molecule has 0 unspecified atom stereocenters. The molecular formula is C8H14N4S. The van der Waals surface area contributed by atoms with Crippen LogP contribution in [0.4, 0.5) is 0 Å². The van der Waals surface area contributed by atoms with Crippen molar-refractivity contribution in [2.45, 2.75) is 13.5 Å².